The van der Waals surface area contributed by atoms with E-state index in [1.165, 1.54) is 0 Å². The molecule has 0 unspecified atom stereocenters. The van der Waals surface area contributed by atoms with E-state index in [2.05, 4.69) is 10.6 Å². The second-order valence-corrected chi connectivity index (χ2v) is 7.40. The third-order valence-corrected chi connectivity index (χ3v) is 5.33. The van der Waals surface area contributed by atoms with Crippen LogP contribution in [0.5, 0.6) is 0 Å². The molecule has 1 fully saturated rings. The van der Waals surface area contributed by atoms with Crippen LogP contribution in [0.15, 0.2) is 48.5 Å². The predicted molar refractivity (Wildman–Crippen MR) is 113 cm³/mol. The molecule has 2 aliphatic rings. The molecule has 0 radical (unpaired) electrons. The van der Waals surface area contributed by atoms with Crippen LogP contribution in [-0.2, 0) is 14.4 Å². The lowest BCUT2D eigenvalue weighted by Gasteiger charge is -2.28. The van der Waals surface area contributed by atoms with Crippen LogP contribution < -0.4 is 20.4 Å². The summed E-state index contributed by atoms with van der Waals surface area (Å²) in [5.41, 5.74) is 2.88. The van der Waals surface area contributed by atoms with Crippen molar-refractivity contribution in [1.82, 2.24) is 0 Å². The van der Waals surface area contributed by atoms with Gasteiger partial charge in [0.2, 0.25) is 17.7 Å². The van der Waals surface area contributed by atoms with E-state index in [-0.39, 0.29) is 36.7 Å². The van der Waals surface area contributed by atoms with E-state index in [9.17, 15) is 14.4 Å². The van der Waals surface area contributed by atoms with Crippen molar-refractivity contribution in [3.8, 4) is 0 Å². The molecule has 0 aliphatic carbocycles. The van der Waals surface area contributed by atoms with Crippen LogP contribution in [0, 0.1) is 0 Å². The lowest BCUT2D eigenvalue weighted by molar-refractivity contribution is -0.118. The van der Waals surface area contributed by atoms with E-state index < -0.39 is 0 Å². The molecule has 0 aromatic heterocycles. The fourth-order valence-electron chi connectivity index (χ4n) is 3.99. The largest absolute Gasteiger partial charge is 0.374 e. The SMILES string of the molecule is C[C@H]1CC(=O)Nc2ccccc2N1C(=O)CNc1ccccc1N1CCCC1=O. The van der Waals surface area contributed by atoms with Crippen molar-refractivity contribution in [2.75, 3.05) is 33.5 Å². The first kappa shape index (κ1) is 19.0. The van der Waals surface area contributed by atoms with Crippen LogP contribution in [0.1, 0.15) is 26.2 Å². The summed E-state index contributed by atoms with van der Waals surface area (Å²) >= 11 is 0. The Morgan fingerprint density at radius 3 is 2.59 bits per heavy atom. The Morgan fingerprint density at radius 2 is 1.83 bits per heavy atom. The lowest BCUT2D eigenvalue weighted by atomic mass is 10.1. The number of carbonyl (C=O) groups is 3. The average molecular weight is 392 g/mol. The second kappa shape index (κ2) is 7.95. The van der Waals surface area contributed by atoms with Gasteiger partial charge in [-0.3, -0.25) is 14.4 Å². The molecule has 2 heterocycles. The Hall–Kier alpha value is -3.35. The molecule has 2 N–H and O–H groups in total. The van der Waals surface area contributed by atoms with Crippen LogP contribution in [-0.4, -0.2) is 36.9 Å². The first-order valence-corrected chi connectivity index (χ1v) is 9.89. The average Bonchev–Trinajstić information content (AvgIpc) is 3.08. The summed E-state index contributed by atoms with van der Waals surface area (Å²) < 4.78 is 0. The van der Waals surface area contributed by atoms with Crippen LogP contribution in [0.25, 0.3) is 0 Å². The van der Waals surface area contributed by atoms with Crippen molar-refractivity contribution < 1.29 is 14.4 Å². The molecule has 2 aromatic carbocycles. The molecule has 1 saturated heterocycles. The molecule has 1 atom stereocenters. The molecule has 4 rings (SSSR count). The summed E-state index contributed by atoms with van der Waals surface area (Å²) in [6, 6.07) is 14.6. The molecule has 29 heavy (non-hydrogen) atoms. The highest BCUT2D eigenvalue weighted by Crippen LogP contribution is 2.32. The maximum atomic E-state index is 13.1. The van der Waals surface area contributed by atoms with Gasteiger partial charge in [-0.05, 0) is 37.6 Å². The van der Waals surface area contributed by atoms with Gasteiger partial charge >= 0.3 is 0 Å². The van der Waals surface area contributed by atoms with E-state index in [0.717, 1.165) is 17.8 Å². The van der Waals surface area contributed by atoms with Gasteiger partial charge < -0.3 is 20.4 Å². The van der Waals surface area contributed by atoms with Gasteiger partial charge in [0.15, 0.2) is 0 Å². The zero-order valence-corrected chi connectivity index (χ0v) is 16.4. The minimum Gasteiger partial charge on any atom is -0.374 e. The second-order valence-electron chi connectivity index (χ2n) is 7.40. The minimum atomic E-state index is -0.261. The van der Waals surface area contributed by atoms with Gasteiger partial charge in [0, 0.05) is 25.4 Å². The summed E-state index contributed by atoms with van der Waals surface area (Å²) in [6.45, 7) is 2.62. The van der Waals surface area contributed by atoms with E-state index in [0.29, 0.717) is 24.3 Å². The first-order chi connectivity index (χ1) is 14.0. The number of fused-ring (bicyclic) bond motifs is 1. The van der Waals surface area contributed by atoms with Gasteiger partial charge in [-0.15, -0.1) is 0 Å². The van der Waals surface area contributed by atoms with Gasteiger partial charge in [0.25, 0.3) is 0 Å². The fraction of sp³-hybridized carbons (Fsp3) is 0.318. The molecule has 150 valence electrons. The van der Waals surface area contributed by atoms with Gasteiger partial charge in [0.1, 0.15) is 0 Å². The van der Waals surface area contributed by atoms with Crippen molar-refractivity contribution in [2.24, 2.45) is 0 Å². The van der Waals surface area contributed by atoms with Crippen molar-refractivity contribution in [1.29, 1.82) is 0 Å². The number of amides is 3. The zero-order chi connectivity index (χ0) is 20.4. The zero-order valence-electron chi connectivity index (χ0n) is 16.4. The molecule has 0 spiro atoms. The standard InChI is InChI=1S/C22H24N4O3/c1-15-13-20(27)24-17-8-3-5-10-19(17)26(15)22(29)14-23-16-7-2-4-9-18(16)25-12-6-11-21(25)28/h2-5,7-10,15,23H,6,11-14H2,1H3,(H,24,27)/t15-/m0/s1. The summed E-state index contributed by atoms with van der Waals surface area (Å²) in [7, 11) is 0. The van der Waals surface area contributed by atoms with Crippen molar-refractivity contribution in [3.05, 3.63) is 48.5 Å². The normalized spacial score (nSPS) is 18.9. The number of nitrogens with zero attached hydrogens (tertiary/aromatic N) is 2. The molecular weight excluding hydrogens is 368 g/mol. The Labute approximate surface area is 169 Å². The number of benzene rings is 2. The molecule has 2 aromatic rings. The number of para-hydroxylation sites is 4. The van der Waals surface area contributed by atoms with Gasteiger partial charge in [-0.2, -0.15) is 0 Å². The molecule has 0 saturated carbocycles. The monoisotopic (exact) mass is 392 g/mol. The Bertz CT molecular complexity index is 959. The first-order valence-electron chi connectivity index (χ1n) is 9.89. The van der Waals surface area contributed by atoms with Crippen LogP contribution in [0.4, 0.5) is 22.7 Å². The summed E-state index contributed by atoms with van der Waals surface area (Å²) in [4.78, 5) is 40.8. The Morgan fingerprint density at radius 1 is 1.10 bits per heavy atom. The Balaban J connectivity index is 1.55. The molecule has 7 heteroatoms. The Kier molecular flexibility index (Phi) is 5.20. The number of hydrogen-bond acceptors (Lipinski definition) is 4. The van der Waals surface area contributed by atoms with Crippen LogP contribution in [0.2, 0.25) is 0 Å². The van der Waals surface area contributed by atoms with E-state index >= 15 is 0 Å². The number of nitrogens with one attached hydrogen (secondary N) is 2. The lowest BCUT2D eigenvalue weighted by Crippen LogP contribution is -2.42. The molecule has 7 nitrogen and oxygen atoms in total. The number of hydrogen-bond donors (Lipinski definition) is 2. The summed E-state index contributed by atoms with van der Waals surface area (Å²) in [6.07, 6.45) is 1.63. The van der Waals surface area contributed by atoms with Gasteiger partial charge in [-0.1, -0.05) is 24.3 Å². The van der Waals surface area contributed by atoms with E-state index in [1.54, 1.807) is 15.9 Å². The van der Waals surface area contributed by atoms with E-state index in [1.807, 2.05) is 49.4 Å². The van der Waals surface area contributed by atoms with Crippen molar-refractivity contribution >= 4 is 40.5 Å². The van der Waals surface area contributed by atoms with Crippen molar-refractivity contribution in [3.63, 3.8) is 0 Å². The van der Waals surface area contributed by atoms with Crippen molar-refractivity contribution in [2.45, 2.75) is 32.2 Å². The number of rotatable bonds is 4. The molecule has 0 bridgehead atoms. The smallest absolute Gasteiger partial charge is 0.246 e. The molecular formula is C22H24N4O3. The summed E-state index contributed by atoms with van der Waals surface area (Å²) in [5, 5.41) is 6.07. The molecule has 3 amide bonds. The maximum absolute atomic E-state index is 13.1. The summed E-state index contributed by atoms with van der Waals surface area (Å²) in [5.74, 6) is -0.139. The van der Waals surface area contributed by atoms with Gasteiger partial charge in [-0.25, -0.2) is 0 Å². The maximum Gasteiger partial charge on any atom is 0.246 e. The quantitative estimate of drug-likeness (QED) is 0.838. The van der Waals surface area contributed by atoms with Crippen LogP contribution >= 0.6 is 0 Å². The topological polar surface area (TPSA) is 81.8 Å². The van der Waals surface area contributed by atoms with Crippen LogP contribution in [0.3, 0.4) is 0 Å². The highest BCUT2D eigenvalue weighted by Gasteiger charge is 2.30. The number of carbonyl (C=O) groups excluding carboxylic acids is 3. The predicted octanol–water partition coefficient (Wildman–Crippen LogP) is 2.99. The third-order valence-electron chi connectivity index (χ3n) is 5.33. The van der Waals surface area contributed by atoms with E-state index in [4.69, 9.17) is 0 Å². The fourth-order valence-corrected chi connectivity index (χ4v) is 3.99. The van der Waals surface area contributed by atoms with Gasteiger partial charge in [0.05, 0.1) is 29.3 Å². The minimum absolute atomic E-state index is 0.0614. The highest BCUT2D eigenvalue weighted by molar-refractivity contribution is 6.06. The third kappa shape index (κ3) is 3.81. The molecule has 2 aliphatic heterocycles. The highest BCUT2D eigenvalue weighted by atomic mass is 16.2. The number of anilines is 4.